The van der Waals surface area contributed by atoms with Gasteiger partial charge in [-0.05, 0) is 67.5 Å². The zero-order chi connectivity index (χ0) is 30.7. The van der Waals surface area contributed by atoms with Gasteiger partial charge in [0.05, 0.1) is 26.8 Å². The van der Waals surface area contributed by atoms with Crippen molar-refractivity contribution in [3.8, 4) is 17.2 Å². The zero-order valence-electron chi connectivity index (χ0n) is 25.3. The predicted molar refractivity (Wildman–Crippen MR) is 164 cm³/mol. The largest absolute Gasteiger partial charge is 0.493 e. The molecule has 0 atom stereocenters. The highest BCUT2D eigenvalue weighted by molar-refractivity contribution is 5.95. The van der Waals surface area contributed by atoms with Gasteiger partial charge in [-0.2, -0.15) is 0 Å². The highest BCUT2D eigenvalue weighted by atomic mass is 19.1. The number of halogens is 1. The molecule has 1 aliphatic carbocycles. The van der Waals surface area contributed by atoms with Crippen molar-refractivity contribution >= 4 is 22.6 Å². The van der Waals surface area contributed by atoms with Crippen molar-refractivity contribution < 1.29 is 23.4 Å². The minimum Gasteiger partial charge on any atom is -0.493 e. The van der Waals surface area contributed by atoms with Crippen LogP contribution in [0.2, 0.25) is 0 Å². The van der Waals surface area contributed by atoms with Crippen molar-refractivity contribution in [2.75, 3.05) is 46.9 Å². The molecule has 2 heterocycles. The number of benzene rings is 2. The number of hydrogen-bond acceptors (Lipinski definition) is 7. The van der Waals surface area contributed by atoms with Crippen molar-refractivity contribution in [3.63, 3.8) is 0 Å². The molecule has 43 heavy (non-hydrogen) atoms. The van der Waals surface area contributed by atoms with E-state index in [1.54, 1.807) is 50.5 Å². The molecule has 0 saturated heterocycles. The molecule has 1 aliphatic rings. The number of rotatable bonds is 10. The van der Waals surface area contributed by atoms with Crippen LogP contribution in [0.1, 0.15) is 45.6 Å². The summed E-state index contributed by atoms with van der Waals surface area (Å²) in [6.07, 6.45) is 4.14. The molecule has 5 rings (SSSR count). The lowest BCUT2D eigenvalue weighted by molar-refractivity contribution is 0.0743. The molecule has 1 amide bonds. The lowest BCUT2D eigenvalue weighted by Gasteiger charge is -2.26. The Morgan fingerprint density at radius 3 is 2.37 bits per heavy atom. The molecule has 4 aromatic rings. The van der Waals surface area contributed by atoms with E-state index >= 15 is 0 Å². The molecule has 9 nitrogen and oxygen atoms in total. The van der Waals surface area contributed by atoms with E-state index in [4.69, 9.17) is 19.2 Å². The van der Waals surface area contributed by atoms with Crippen LogP contribution in [-0.4, -0.2) is 62.7 Å². The summed E-state index contributed by atoms with van der Waals surface area (Å²) in [7, 11) is 8.41. The maximum absolute atomic E-state index is 14.1. The van der Waals surface area contributed by atoms with Crippen LogP contribution in [0.25, 0.3) is 10.9 Å². The lowest BCUT2D eigenvalue weighted by Crippen LogP contribution is -2.37. The summed E-state index contributed by atoms with van der Waals surface area (Å²) in [6.45, 7) is 0.472. The Bertz CT molecular complexity index is 1700. The van der Waals surface area contributed by atoms with Gasteiger partial charge in [0.15, 0.2) is 11.5 Å². The Morgan fingerprint density at radius 1 is 0.977 bits per heavy atom. The zero-order valence-corrected chi connectivity index (χ0v) is 25.3. The average Bonchev–Trinajstić information content (AvgIpc) is 3.01. The number of fused-ring (bicyclic) bond motifs is 2. The van der Waals surface area contributed by atoms with Gasteiger partial charge in [-0.25, -0.2) is 9.37 Å². The van der Waals surface area contributed by atoms with Crippen LogP contribution in [-0.2, 0) is 25.8 Å². The number of nitrogens with one attached hydrogen (secondary N) is 1. The first-order chi connectivity index (χ1) is 20.7. The maximum Gasteiger partial charge on any atom is 0.261 e. The molecule has 226 valence electrons. The molecular weight excluding hydrogens is 551 g/mol. The lowest BCUT2D eigenvalue weighted by atomic mass is 9.95. The molecule has 2 aromatic carbocycles. The van der Waals surface area contributed by atoms with Crippen LogP contribution < -0.4 is 24.7 Å². The van der Waals surface area contributed by atoms with E-state index in [1.807, 2.05) is 25.1 Å². The number of anilines is 1. The normalized spacial score (nSPS) is 12.5. The smallest absolute Gasteiger partial charge is 0.261 e. The van der Waals surface area contributed by atoms with E-state index in [0.29, 0.717) is 46.9 Å². The van der Waals surface area contributed by atoms with Gasteiger partial charge in [0, 0.05) is 49.9 Å². The third kappa shape index (κ3) is 6.14. The van der Waals surface area contributed by atoms with E-state index in [-0.39, 0.29) is 29.4 Å². The Labute approximate surface area is 250 Å². The number of nitrogens with zero attached hydrogens (tertiary/aromatic N) is 3. The molecule has 2 aromatic heterocycles. The molecule has 0 unspecified atom stereocenters. The first kappa shape index (κ1) is 29.9. The SMILES string of the molecule is COc1cc2nc(N(C)C)c(CN(CCc3ccc(F)cc3)C(=O)c3cc4c([nH]c3=O)CCCC4)cc2c(OC)c1OC. The first-order valence-corrected chi connectivity index (χ1v) is 14.3. The summed E-state index contributed by atoms with van der Waals surface area (Å²) in [5.41, 5.74) is 3.92. The number of aryl methyl sites for hydroxylation is 2. The van der Waals surface area contributed by atoms with E-state index in [2.05, 4.69) is 4.98 Å². The Hall–Kier alpha value is -4.60. The van der Waals surface area contributed by atoms with E-state index in [0.717, 1.165) is 48.1 Å². The molecule has 0 fully saturated rings. The monoisotopic (exact) mass is 588 g/mol. The molecule has 10 heteroatoms. The van der Waals surface area contributed by atoms with Crippen molar-refractivity contribution in [2.24, 2.45) is 0 Å². The van der Waals surface area contributed by atoms with Gasteiger partial charge in [-0.1, -0.05) is 12.1 Å². The van der Waals surface area contributed by atoms with E-state index in [1.165, 1.54) is 12.1 Å². The topological polar surface area (TPSA) is 97.0 Å². The van der Waals surface area contributed by atoms with Crippen molar-refractivity contribution in [2.45, 2.75) is 38.6 Å². The number of ether oxygens (including phenoxy) is 3. The van der Waals surface area contributed by atoms with Crippen LogP contribution in [0, 0.1) is 5.82 Å². The summed E-state index contributed by atoms with van der Waals surface area (Å²) in [5, 5.41) is 0.693. The van der Waals surface area contributed by atoms with Gasteiger partial charge in [-0.15, -0.1) is 0 Å². The second kappa shape index (κ2) is 12.7. The Morgan fingerprint density at radius 2 is 1.70 bits per heavy atom. The number of hydrogen-bond donors (Lipinski definition) is 1. The van der Waals surface area contributed by atoms with E-state index in [9.17, 15) is 14.0 Å². The van der Waals surface area contributed by atoms with Crippen LogP contribution in [0.5, 0.6) is 17.2 Å². The van der Waals surface area contributed by atoms with Crippen LogP contribution in [0.15, 0.2) is 47.3 Å². The second-order valence-corrected chi connectivity index (χ2v) is 10.9. The molecule has 0 spiro atoms. The fourth-order valence-electron chi connectivity index (χ4n) is 5.70. The summed E-state index contributed by atoms with van der Waals surface area (Å²) in [4.78, 5) is 38.7. The average molecular weight is 589 g/mol. The fourth-order valence-corrected chi connectivity index (χ4v) is 5.70. The third-order valence-corrected chi connectivity index (χ3v) is 7.90. The van der Waals surface area contributed by atoms with Crippen LogP contribution in [0.3, 0.4) is 0 Å². The summed E-state index contributed by atoms with van der Waals surface area (Å²) < 4.78 is 30.4. The Kier molecular flexibility index (Phi) is 8.84. The summed E-state index contributed by atoms with van der Waals surface area (Å²) >= 11 is 0. The summed E-state index contributed by atoms with van der Waals surface area (Å²) in [6, 6.07) is 11.7. The quantitative estimate of drug-likeness (QED) is 0.281. The molecule has 0 aliphatic heterocycles. The van der Waals surface area contributed by atoms with E-state index < -0.39 is 0 Å². The molecule has 1 N–H and O–H groups in total. The minimum atomic E-state index is -0.389. The van der Waals surface area contributed by atoms with Crippen molar-refractivity contribution in [1.82, 2.24) is 14.9 Å². The fraction of sp³-hybridized carbons (Fsp3) is 0.364. The van der Waals surface area contributed by atoms with Crippen LogP contribution >= 0.6 is 0 Å². The highest BCUT2D eigenvalue weighted by Crippen LogP contribution is 2.44. The van der Waals surface area contributed by atoms with Gasteiger partial charge < -0.3 is 29.0 Å². The number of H-pyrrole nitrogens is 1. The first-order valence-electron chi connectivity index (χ1n) is 14.3. The van der Waals surface area contributed by atoms with Gasteiger partial charge in [0.2, 0.25) is 5.75 Å². The number of carbonyl (C=O) groups is 1. The van der Waals surface area contributed by atoms with Crippen molar-refractivity contribution in [3.05, 3.63) is 86.6 Å². The number of methoxy groups -OCH3 is 3. The van der Waals surface area contributed by atoms with Gasteiger partial charge >= 0.3 is 0 Å². The number of carbonyl (C=O) groups excluding carboxylic acids is 1. The Balaban J connectivity index is 1.60. The van der Waals surface area contributed by atoms with Gasteiger partial charge in [0.1, 0.15) is 17.2 Å². The summed E-state index contributed by atoms with van der Waals surface area (Å²) in [5.74, 6) is 1.34. The predicted octanol–water partition coefficient (Wildman–Crippen LogP) is 4.92. The van der Waals surface area contributed by atoms with Crippen molar-refractivity contribution in [1.29, 1.82) is 0 Å². The number of aromatic nitrogens is 2. The molecule has 0 bridgehead atoms. The van der Waals surface area contributed by atoms with Crippen LogP contribution in [0.4, 0.5) is 10.2 Å². The molecule has 0 radical (unpaired) electrons. The molecular formula is C33H37FN4O5. The molecule has 0 saturated carbocycles. The standard InChI is InChI=1S/C33H37FN4O5/c1-37(2)31-22(17-24-27(35-31)18-28(41-3)30(43-5)29(24)42-4)19-38(15-14-20-10-12-23(34)13-11-20)33(40)25-16-21-8-6-7-9-26(21)36-32(25)39/h10-13,16-18H,6-9,14-15,19H2,1-5H3,(H,36,39). The van der Waals surface area contributed by atoms with Gasteiger partial charge in [-0.3, -0.25) is 9.59 Å². The van der Waals surface area contributed by atoms with Gasteiger partial charge in [0.25, 0.3) is 11.5 Å². The number of pyridine rings is 2. The maximum atomic E-state index is 14.1. The third-order valence-electron chi connectivity index (χ3n) is 7.90. The number of amides is 1. The number of aromatic amines is 1. The minimum absolute atomic E-state index is 0.115. The second-order valence-electron chi connectivity index (χ2n) is 10.9. The highest BCUT2D eigenvalue weighted by Gasteiger charge is 2.25.